The summed E-state index contributed by atoms with van der Waals surface area (Å²) in [4.78, 5) is 14.0. The Morgan fingerprint density at radius 2 is 2.27 bits per heavy atom. The molecule has 1 aromatic rings. The lowest BCUT2D eigenvalue weighted by molar-refractivity contribution is -0.136. The fourth-order valence-corrected chi connectivity index (χ4v) is 1.47. The molecule has 0 spiro atoms. The van der Waals surface area contributed by atoms with Crippen molar-refractivity contribution < 1.29 is 18.7 Å². The van der Waals surface area contributed by atoms with Crippen LogP contribution in [0, 0.1) is 6.92 Å². The van der Waals surface area contributed by atoms with E-state index in [1.807, 2.05) is 0 Å². The van der Waals surface area contributed by atoms with Gasteiger partial charge in [-0.25, -0.2) is 8.78 Å². The molecule has 0 amide bonds. The molecule has 0 aliphatic heterocycles. The van der Waals surface area contributed by atoms with Gasteiger partial charge >= 0.3 is 5.97 Å². The predicted octanol–water partition coefficient (Wildman–Crippen LogP) is 2.61. The normalized spacial score (nSPS) is 10.7. The molecule has 1 aromatic heterocycles. The van der Waals surface area contributed by atoms with Crippen LogP contribution in [0.3, 0.4) is 0 Å². The van der Waals surface area contributed by atoms with Gasteiger partial charge in [-0.15, -0.1) is 0 Å². The average Bonchev–Trinajstić information content (AvgIpc) is 2.10. The van der Waals surface area contributed by atoms with E-state index in [2.05, 4.69) is 4.98 Å². The number of pyridine rings is 1. The van der Waals surface area contributed by atoms with Crippen molar-refractivity contribution in [1.29, 1.82) is 0 Å². The van der Waals surface area contributed by atoms with Crippen LogP contribution in [0.4, 0.5) is 8.78 Å². The molecular formula is C9H8ClF2NO2. The number of aromatic nitrogens is 1. The molecule has 3 nitrogen and oxygen atoms in total. The highest BCUT2D eigenvalue weighted by Crippen LogP contribution is 2.25. The number of aliphatic carboxylic acids is 1. The largest absolute Gasteiger partial charge is 0.481 e. The van der Waals surface area contributed by atoms with E-state index in [-0.39, 0.29) is 22.7 Å². The van der Waals surface area contributed by atoms with Crippen molar-refractivity contribution in [2.75, 3.05) is 0 Å². The number of halogens is 3. The molecule has 6 heteroatoms. The van der Waals surface area contributed by atoms with E-state index >= 15 is 0 Å². The van der Waals surface area contributed by atoms with E-state index in [0.717, 1.165) is 6.07 Å². The highest BCUT2D eigenvalue weighted by molar-refractivity contribution is 6.31. The number of aryl methyl sites for hydroxylation is 1. The summed E-state index contributed by atoms with van der Waals surface area (Å²) < 4.78 is 24.6. The summed E-state index contributed by atoms with van der Waals surface area (Å²) in [6.45, 7) is 1.45. The quantitative estimate of drug-likeness (QED) is 0.876. The Hall–Kier alpha value is -1.23. The maximum absolute atomic E-state index is 12.3. The van der Waals surface area contributed by atoms with E-state index < -0.39 is 18.1 Å². The SMILES string of the molecule is Cc1nc(C(F)F)cc(Cl)c1CC(=O)O. The van der Waals surface area contributed by atoms with Crippen molar-refractivity contribution >= 4 is 17.6 Å². The number of alkyl halides is 2. The molecule has 0 unspecified atom stereocenters. The van der Waals surface area contributed by atoms with E-state index in [9.17, 15) is 13.6 Å². The van der Waals surface area contributed by atoms with Gasteiger partial charge in [0, 0.05) is 16.3 Å². The summed E-state index contributed by atoms with van der Waals surface area (Å²) in [5, 5.41) is 8.57. The van der Waals surface area contributed by atoms with E-state index in [1.54, 1.807) is 0 Å². The Balaban J connectivity index is 3.15. The summed E-state index contributed by atoms with van der Waals surface area (Å²) in [6.07, 6.45) is -3.03. The average molecular weight is 236 g/mol. The Labute approximate surface area is 89.7 Å². The summed E-state index contributed by atoms with van der Waals surface area (Å²) in [7, 11) is 0. The first-order valence-electron chi connectivity index (χ1n) is 4.07. The topological polar surface area (TPSA) is 50.2 Å². The van der Waals surface area contributed by atoms with Crippen molar-refractivity contribution in [3.05, 3.63) is 28.0 Å². The molecule has 0 fully saturated rings. The Kier molecular flexibility index (Phi) is 3.57. The maximum atomic E-state index is 12.3. The minimum Gasteiger partial charge on any atom is -0.481 e. The molecule has 0 saturated heterocycles. The first kappa shape index (κ1) is 11.8. The van der Waals surface area contributed by atoms with Gasteiger partial charge in [-0.2, -0.15) is 0 Å². The third-order valence-electron chi connectivity index (χ3n) is 1.85. The van der Waals surface area contributed by atoms with Crippen molar-refractivity contribution in [3.8, 4) is 0 Å². The molecule has 82 valence electrons. The minimum absolute atomic E-state index is 0.0141. The van der Waals surface area contributed by atoms with E-state index in [0.29, 0.717) is 0 Å². The fourth-order valence-electron chi connectivity index (χ4n) is 1.16. The van der Waals surface area contributed by atoms with Crippen LogP contribution in [0.2, 0.25) is 5.02 Å². The van der Waals surface area contributed by atoms with E-state index in [4.69, 9.17) is 16.7 Å². The van der Waals surface area contributed by atoms with Crippen LogP contribution < -0.4 is 0 Å². The van der Waals surface area contributed by atoms with Gasteiger partial charge in [-0.3, -0.25) is 9.78 Å². The maximum Gasteiger partial charge on any atom is 0.307 e. The molecule has 0 aromatic carbocycles. The lowest BCUT2D eigenvalue weighted by Gasteiger charge is -2.07. The standard InChI is InChI=1S/C9H8ClF2NO2/c1-4-5(2-8(14)15)6(10)3-7(13-4)9(11)12/h3,9H,2H2,1H3,(H,14,15). The zero-order chi connectivity index (χ0) is 11.6. The first-order chi connectivity index (χ1) is 6.91. The number of carboxylic acid groups (broad SMARTS) is 1. The second kappa shape index (κ2) is 4.53. The second-order valence-electron chi connectivity index (χ2n) is 2.96. The van der Waals surface area contributed by atoms with Gasteiger partial charge in [0.15, 0.2) is 0 Å². The molecule has 1 N–H and O–H groups in total. The molecule has 0 saturated carbocycles. The second-order valence-corrected chi connectivity index (χ2v) is 3.37. The van der Waals surface area contributed by atoms with Gasteiger partial charge in [0.05, 0.1) is 6.42 Å². The zero-order valence-electron chi connectivity index (χ0n) is 7.80. The number of carbonyl (C=O) groups is 1. The molecule has 0 aliphatic rings. The van der Waals surface area contributed by atoms with Gasteiger partial charge < -0.3 is 5.11 Å². The Morgan fingerprint density at radius 3 is 2.67 bits per heavy atom. The third-order valence-corrected chi connectivity index (χ3v) is 2.19. The van der Waals surface area contributed by atoms with Gasteiger partial charge in [0.25, 0.3) is 6.43 Å². The highest BCUT2D eigenvalue weighted by atomic mass is 35.5. The predicted molar refractivity (Wildman–Crippen MR) is 50.3 cm³/mol. The molecule has 0 bridgehead atoms. The third kappa shape index (κ3) is 2.86. The smallest absolute Gasteiger partial charge is 0.307 e. The summed E-state index contributed by atoms with van der Waals surface area (Å²) >= 11 is 5.69. The van der Waals surface area contributed by atoms with Crippen molar-refractivity contribution in [2.24, 2.45) is 0 Å². The lowest BCUT2D eigenvalue weighted by Crippen LogP contribution is -2.06. The van der Waals surface area contributed by atoms with Crippen LogP contribution in [0.1, 0.15) is 23.4 Å². The van der Waals surface area contributed by atoms with Crippen LogP contribution >= 0.6 is 11.6 Å². The van der Waals surface area contributed by atoms with Crippen molar-refractivity contribution in [2.45, 2.75) is 19.8 Å². The number of nitrogens with zero attached hydrogens (tertiary/aromatic N) is 1. The van der Waals surface area contributed by atoms with E-state index in [1.165, 1.54) is 6.92 Å². The number of hydrogen-bond acceptors (Lipinski definition) is 2. The van der Waals surface area contributed by atoms with Crippen LogP contribution in [-0.4, -0.2) is 16.1 Å². The highest BCUT2D eigenvalue weighted by Gasteiger charge is 2.16. The number of hydrogen-bond donors (Lipinski definition) is 1. The molecule has 1 rings (SSSR count). The molecule has 1 heterocycles. The molecule has 0 aliphatic carbocycles. The van der Waals surface area contributed by atoms with Crippen LogP contribution in [0.25, 0.3) is 0 Å². The molecule has 0 atom stereocenters. The minimum atomic E-state index is -2.71. The van der Waals surface area contributed by atoms with Gasteiger partial charge in [-0.05, 0) is 13.0 Å². The van der Waals surface area contributed by atoms with Gasteiger partial charge in [-0.1, -0.05) is 11.6 Å². The van der Waals surface area contributed by atoms with Gasteiger partial charge in [0.2, 0.25) is 0 Å². The molecular weight excluding hydrogens is 228 g/mol. The molecule has 15 heavy (non-hydrogen) atoms. The zero-order valence-corrected chi connectivity index (χ0v) is 8.55. The van der Waals surface area contributed by atoms with Crippen LogP contribution in [0.5, 0.6) is 0 Å². The van der Waals surface area contributed by atoms with Crippen LogP contribution in [0.15, 0.2) is 6.07 Å². The van der Waals surface area contributed by atoms with Gasteiger partial charge in [0.1, 0.15) is 5.69 Å². The molecule has 0 radical (unpaired) electrons. The monoisotopic (exact) mass is 235 g/mol. The summed E-state index contributed by atoms with van der Waals surface area (Å²) in [5.41, 5.74) is 0.0559. The van der Waals surface area contributed by atoms with Crippen molar-refractivity contribution in [3.63, 3.8) is 0 Å². The Bertz CT molecular complexity index is 373. The van der Waals surface area contributed by atoms with Crippen molar-refractivity contribution in [1.82, 2.24) is 4.98 Å². The summed E-state index contributed by atoms with van der Waals surface area (Å²) in [5.74, 6) is -1.08. The Morgan fingerprint density at radius 1 is 1.67 bits per heavy atom. The first-order valence-corrected chi connectivity index (χ1v) is 4.45. The fraction of sp³-hybridized carbons (Fsp3) is 0.333. The number of rotatable bonds is 3. The van der Waals surface area contributed by atoms with Crippen LogP contribution in [-0.2, 0) is 11.2 Å². The summed E-state index contributed by atoms with van der Waals surface area (Å²) in [6, 6.07) is 0.998. The lowest BCUT2D eigenvalue weighted by atomic mass is 10.1. The number of carboxylic acids is 1.